The molecule has 0 aliphatic carbocycles. The Morgan fingerprint density at radius 1 is 1.38 bits per heavy atom. The van der Waals surface area contributed by atoms with Gasteiger partial charge in [-0.15, -0.1) is 0 Å². The number of nitrogens with zero attached hydrogens (tertiary/aromatic N) is 1. The molecule has 0 heterocycles. The summed E-state index contributed by atoms with van der Waals surface area (Å²) in [4.78, 5) is 11.7. The van der Waals surface area contributed by atoms with Crippen LogP contribution in [0.25, 0.3) is 0 Å². The first-order valence-corrected chi connectivity index (χ1v) is 10.0. The second kappa shape index (κ2) is 9.13. The Morgan fingerprint density at radius 2 is 2.04 bits per heavy atom. The van der Waals surface area contributed by atoms with E-state index in [-0.39, 0.29) is 19.0 Å². The highest BCUT2D eigenvalue weighted by Crippen LogP contribution is 2.34. The molecule has 0 saturated carbocycles. The van der Waals surface area contributed by atoms with E-state index in [4.69, 9.17) is 16.3 Å². The number of carbonyl (C=O) groups is 1. The Balaban J connectivity index is 2.96. The largest absolute Gasteiger partial charge is 0.494 e. The fourth-order valence-corrected chi connectivity index (χ4v) is 3.27. The summed E-state index contributed by atoms with van der Waals surface area (Å²) >= 11 is 6.07. The monoisotopic (exact) mass is 376 g/mol. The van der Waals surface area contributed by atoms with E-state index in [0.29, 0.717) is 22.9 Å². The Hall–Kier alpha value is -1.47. The Kier molecular flexibility index (Phi) is 7.83. The molecule has 0 radical (unpaired) electrons. The highest BCUT2D eigenvalue weighted by atomic mass is 35.5. The normalized spacial score (nSPS) is 11.2. The van der Waals surface area contributed by atoms with Gasteiger partial charge in [-0.2, -0.15) is 0 Å². The van der Waals surface area contributed by atoms with E-state index in [1.807, 2.05) is 6.92 Å². The van der Waals surface area contributed by atoms with Gasteiger partial charge in [0.05, 0.1) is 25.6 Å². The topological polar surface area (TPSA) is 75.7 Å². The maximum absolute atomic E-state index is 12.2. The van der Waals surface area contributed by atoms with Crippen LogP contribution in [0, 0.1) is 6.92 Å². The van der Waals surface area contributed by atoms with Crippen LogP contribution < -0.4 is 14.4 Å². The number of carbonyl (C=O) groups excluding carboxylic acids is 1. The lowest BCUT2D eigenvalue weighted by atomic mass is 10.2. The number of hydrogen-bond acceptors (Lipinski definition) is 4. The van der Waals surface area contributed by atoms with Crippen molar-refractivity contribution in [2.75, 3.05) is 30.8 Å². The molecule has 1 amide bonds. The summed E-state index contributed by atoms with van der Waals surface area (Å²) in [5.41, 5.74) is 1.15. The first kappa shape index (κ1) is 20.6. The third-order valence-corrected chi connectivity index (χ3v) is 5.11. The van der Waals surface area contributed by atoms with Gasteiger partial charge in [0.2, 0.25) is 15.9 Å². The van der Waals surface area contributed by atoms with E-state index in [1.165, 1.54) is 11.4 Å². The van der Waals surface area contributed by atoms with Crippen molar-refractivity contribution in [3.63, 3.8) is 0 Å². The number of sulfonamides is 1. The minimum absolute atomic E-state index is 0.0791. The molecule has 0 unspecified atom stereocenters. The lowest BCUT2D eigenvalue weighted by Crippen LogP contribution is -2.38. The number of anilines is 1. The zero-order valence-corrected chi connectivity index (χ0v) is 16.1. The summed E-state index contributed by atoms with van der Waals surface area (Å²) in [5.74, 6) is 0.290. The molecule has 136 valence electrons. The molecule has 1 rings (SSSR count). The smallest absolute Gasteiger partial charge is 0.232 e. The van der Waals surface area contributed by atoms with Gasteiger partial charge in [0.15, 0.2) is 0 Å². The van der Waals surface area contributed by atoms with Crippen molar-refractivity contribution < 1.29 is 17.9 Å². The van der Waals surface area contributed by atoms with Gasteiger partial charge < -0.3 is 10.1 Å². The zero-order valence-electron chi connectivity index (χ0n) is 14.6. The van der Waals surface area contributed by atoms with Gasteiger partial charge in [-0.1, -0.05) is 24.9 Å². The summed E-state index contributed by atoms with van der Waals surface area (Å²) in [7, 11) is -2.08. The summed E-state index contributed by atoms with van der Waals surface area (Å²) < 4.78 is 30.8. The number of hydrogen-bond donors (Lipinski definition) is 1. The average molecular weight is 377 g/mol. The van der Waals surface area contributed by atoms with Gasteiger partial charge in [-0.25, -0.2) is 8.42 Å². The summed E-state index contributed by atoms with van der Waals surface area (Å²) in [6, 6.07) is 3.26. The fraction of sp³-hybridized carbons (Fsp3) is 0.562. The van der Waals surface area contributed by atoms with Gasteiger partial charge in [0.25, 0.3) is 0 Å². The molecule has 0 bridgehead atoms. The first-order valence-electron chi connectivity index (χ1n) is 7.79. The van der Waals surface area contributed by atoms with Crippen molar-refractivity contribution in [2.45, 2.75) is 33.1 Å². The molecule has 0 spiro atoms. The highest BCUT2D eigenvalue weighted by molar-refractivity contribution is 7.92. The van der Waals surface area contributed by atoms with E-state index >= 15 is 0 Å². The number of nitrogens with one attached hydrogen (secondary N) is 1. The average Bonchev–Trinajstić information content (AvgIpc) is 2.50. The summed E-state index contributed by atoms with van der Waals surface area (Å²) in [6.07, 6.45) is 3.31. The number of unbranched alkanes of at least 4 members (excludes halogenated alkanes) is 1. The van der Waals surface area contributed by atoms with Gasteiger partial charge in [-0.3, -0.25) is 9.10 Å². The third kappa shape index (κ3) is 5.87. The minimum atomic E-state index is -3.54. The highest BCUT2D eigenvalue weighted by Gasteiger charge is 2.22. The molecule has 0 aromatic heterocycles. The Morgan fingerprint density at radius 3 is 2.58 bits per heavy atom. The second-order valence-electron chi connectivity index (χ2n) is 5.56. The molecule has 1 aromatic rings. The molecule has 1 N–H and O–H groups in total. The molecule has 0 aliphatic rings. The molecule has 0 aliphatic heterocycles. The summed E-state index contributed by atoms with van der Waals surface area (Å²) in [6.45, 7) is 4.14. The lowest BCUT2D eigenvalue weighted by Gasteiger charge is -2.25. The Bertz CT molecular complexity index is 677. The van der Waals surface area contributed by atoms with Crippen LogP contribution in [0.1, 0.15) is 31.7 Å². The number of rotatable bonds is 9. The molecule has 1 aromatic carbocycles. The molecule has 0 fully saturated rings. The van der Waals surface area contributed by atoms with Crippen LogP contribution in [-0.2, 0) is 14.8 Å². The van der Waals surface area contributed by atoms with Gasteiger partial charge in [0, 0.05) is 24.1 Å². The number of methoxy groups -OCH3 is 1. The predicted octanol–water partition coefficient (Wildman–Crippen LogP) is 2.73. The van der Waals surface area contributed by atoms with Crippen molar-refractivity contribution in [3.8, 4) is 5.75 Å². The van der Waals surface area contributed by atoms with E-state index in [2.05, 4.69) is 5.32 Å². The Labute approximate surface area is 149 Å². The van der Waals surface area contributed by atoms with Crippen molar-refractivity contribution in [2.24, 2.45) is 0 Å². The van der Waals surface area contributed by atoms with E-state index in [9.17, 15) is 13.2 Å². The molecular formula is C16H25ClN2O4S. The van der Waals surface area contributed by atoms with Crippen LogP contribution in [0.5, 0.6) is 5.75 Å². The second-order valence-corrected chi connectivity index (χ2v) is 7.88. The van der Waals surface area contributed by atoms with E-state index < -0.39 is 10.0 Å². The number of halogens is 1. The van der Waals surface area contributed by atoms with Gasteiger partial charge in [-0.05, 0) is 25.0 Å². The van der Waals surface area contributed by atoms with Crippen LogP contribution in [0.3, 0.4) is 0 Å². The molecule has 6 nitrogen and oxygen atoms in total. The zero-order chi connectivity index (χ0) is 18.3. The van der Waals surface area contributed by atoms with E-state index in [1.54, 1.807) is 19.1 Å². The predicted molar refractivity (Wildman–Crippen MR) is 97.5 cm³/mol. The quantitative estimate of drug-likeness (QED) is 0.719. The maximum Gasteiger partial charge on any atom is 0.232 e. The molecular weight excluding hydrogens is 352 g/mol. The van der Waals surface area contributed by atoms with Gasteiger partial charge in [0.1, 0.15) is 5.75 Å². The molecule has 24 heavy (non-hydrogen) atoms. The van der Waals surface area contributed by atoms with Crippen LogP contribution in [0.15, 0.2) is 12.1 Å². The number of aryl methyl sites for hydroxylation is 1. The van der Waals surface area contributed by atoms with Crippen molar-refractivity contribution in [1.29, 1.82) is 0 Å². The minimum Gasteiger partial charge on any atom is -0.494 e. The lowest BCUT2D eigenvalue weighted by molar-refractivity contribution is -0.121. The van der Waals surface area contributed by atoms with Crippen molar-refractivity contribution in [1.82, 2.24) is 5.32 Å². The molecule has 0 saturated heterocycles. The van der Waals surface area contributed by atoms with Crippen LogP contribution >= 0.6 is 11.6 Å². The first-order chi connectivity index (χ1) is 11.2. The van der Waals surface area contributed by atoms with Gasteiger partial charge >= 0.3 is 0 Å². The van der Waals surface area contributed by atoms with Crippen molar-refractivity contribution >= 4 is 33.2 Å². The number of ether oxygens (including phenoxy) is 1. The third-order valence-electron chi connectivity index (χ3n) is 3.52. The molecule has 0 atom stereocenters. The van der Waals surface area contributed by atoms with Crippen LogP contribution in [0.4, 0.5) is 5.69 Å². The van der Waals surface area contributed by atoms with Crippen molar-refractivity contribution in [3.05, 3.63) is 22.7 Å². The standard InChI is InChI=1S/C16H25ClN2O4S/c1-5-6-7-16(20)18-8-9-19(24(4,21)22)14-10-12(2)13(17)11-15(14)23-3/h10-11H,5-9H2,1-4H3,(H,18,20). The maximum atomic E-state index is 12.2. The van der Waals surface area contributed by atoms with E-state index in [0.717, 1.165) is 24.7 Å². The molecule has 8 heteroatoms. The van der Waals surface area contributed by atoms with Crippen LogP contribution in [-0.4, -0.2) is 40.8 Å². The number of amides is 1. The van der Waals surface area contributed by atoms with Crippen LogP contribution in [0.2, 0.25) is 5.02 Å². The summed E-state index contributed by atoms with van der Waals surface area (Å²) in [5, 5.41) is 3.24. The number of benzene rings is 1. The SMILES string of the molecule is CCCCC(=O)NCCN(c1cc(C)c(Cl)cc1OC)S(C)(=O)=O. The fourth-order valence-electron chi connectivity index (χ4n) is 2.19.